The molecule has 0 radical (unpaired) electrons. The van der Waals surface area contributed by atoms with Crippen molar-refractivity contribution in [1.82, 2.24) is 19.6 Å². The molecule has 0 aliphatic heterocycles. The zero-order valence-electron chi connectivity index (χ0n) is 19.3. The molecule has 0 saturated carbocycles. The number of nitrogens with zero attached hydrogens (tertiary/aromatic N) is 4. The second-order valence-corrected chi connectivity index (χ2v) is 8.06. The first-order chi connectivity index (χ1) is 16.3. The number of hydrogen-bond donors (Lipinski definition) is 1. The molecule has 0 spiro atoms. The summed E-state index contributed by atoms with van der Waals surface area (Å²) in [5, 5.41) is 12.8. The van der Waals surface area contributed by atoms with Crippen LogP contribution in [0.3, 0.4) is 0 Å². The molecular weight excluding hydrogens is 458 g/mol. The van der Waals surface area contributed by atoms with E-state index in [9.17, 15) is 9.59 Å². The lowest BCUT2D eigenvalue weighted by molar-refractivity contribution is -0.116. The third kappa shape index (κ3) is 4.34. The normalized spacial score (nSPS) is 11.0. The van der Waals surface area contributed by atoms with Gasteiger partial charge in [-0.15, -0.1) is 0 Å². The summed E-state index contributed by atoms with van der Waals surface area (Å²) in [5.74, 6) is 0.516. The van der Waals surface area contributed by atoms with Crippen LogP contribution >= 0.6 is 11.6 Å². The molecule has 0 aliphatic rings. The maximum Gasteiger partial charge on any atom is 0.295 e. The average molecular weight is 482 g/mol. The molecule has 2 heterocycles. The Morgan fingerprint density at radius 1 is 1.06 bits per heavy atom. The van der Waals surface area contributed by atoms with E-state index in [1.165, 1.54) is 18.9 Å². The average Bonchev–Trinajstić information content (AvgIpc) is 3.19. The van der Waals surface area contributed by atoms with Crippen molar-refractivity contribution in [1.29, 1.82) is 0 Å². The van der Waals surface area contributed by atoms with E-state index in [4.69, 9.17) is 21.1 Å². The Kier molecular flexibility index (Phi) is 6.56. The van der Waals surface area contributed by atoms with Crippen molar-refractivity contribution >= 4 is 34.1 Å². The molecule has 0 bridgehead atoms. The minimum Gasteiger partial charge on any atom is -0.495 e. The highest BCUT2D eigenvalue weighted by Gasteiger charge is 2.18. The number of carbonyl (C=O) groups is 1. The molecule has 176 valence electrons. The van der Waals surface area contributed by atoms with E-state index in [2.05, 4.69) is 15.5 Å². The van der Waals surface area contributed by atoms with E-state index in [0.29, 0.717) is 38.8 Å². The van der Waals surface area contributed by atoms with Crippen molar-refractivity contribution < 1.29 is 14.3 Å². The standard InChI is InChI=1S/C24H24ClN5O4/c1-14-22-15(2)30(16-8-6-5-7-9-16)28-23(22)24(32)29(27-14)11-10-21(31)26-18-12-17(25)19(33-3)13-20(18)34-4/h5-9,12-13H,10-11H2,1-4H3,(H,26,31). The second-order valence-electron chi connectivity index (χ2n) is 7.66. The van der Waals surface area contributed by atoms with Gasteiger partial charge in [0, 0.05) is 12.5 Å². The Labute approximate surface area is 200 Å². The van der Waals surface area contributed by atoms with E-state index in [-0.39, 0.29) is 24.4 Å². The van der Waals surface area contributed by atoms with Crippen molar-refractivity contribution in [3.63, 3.8) is 0 Å². The SMILES string of the molecule is COc1cc(OC)c(NC(=O)CCn2nc(C)c3c(C)n(-c4ccccc4)nc3c2=O)cc1Cl. The summed E-state index contributed by atoms with van der Waals surface area (Å²) >= 11 is 6.17. The van der Waals surface area contributed by atoms with Gasteiger partial charge in [0.05, 0.1) is 53.9 Å². The van der Waals surface area contributed by atoms with Crippen LogP contribution in [0.2, 0.25) is 5.02 Å². The predicted molar refractivity (Wildman–Crippen MR) is 130 cm³/mol. The number of carbonyl (C=O) groups excluding carboxylic acids is 1. The quantitative estimate of drug-likeness (QED) is 0.429. The van der Waals surface area contributed by atoms with Gasteiger partial charge >= 0.3 is 0 Å². The van der Waals surface area contributed by atoms with Gasteiger partial charge in [-0.1, -0.05) is 29.8 Å². The molecule has 2 aromatic carbocycles. The van der Waals surface area contributed by atoms with Crippen LogP contribution in [0.4, 0.5) is 5.69 Å². The molecule has 0 unspecified atom stereocenters. The summed E-state index contributed by atoms with van der Waals surface area (Å²) < 4.78 is 13.5. The zero-order chi connectivity index (χ0) is 24.4. The summed E-state index contributed by atoms with van der Waals surface area (Å²) in [6, 6.07) is 12.7. The van der Waals surface area contributed by atoms with E-state index < -0.39 is 0 Å². The van der Waals surface area contributed by atoms with Gasteiger partial charge in [0.15, 0.2) is 5.52 Å². The molecule has 0 saturated heterocycles. The lowest BCUT2D eigenvalue weighted by Crippen LogP contribution is -2.26. The van der Waals surface area contributed by atoms with Crippen LogP contribution in [0.1, 0.15) is 17.8 Å². The van der Waals surface area contributed by atoms with Gasteiger partial charge < -0.3 is 14.8 Å². The Bertz CT molecular complexity index is 1430. The molecule has 1 amide bonds. The third-order valence-corrected chi connectivity index (χ3v) is 5.78. The maximum atomic E-state index is 13.1. The highest BCUT2D eigenvalue weighted by Crippen LogP contribution is 2.35. The van der Waals surface area contributed by atoms with Gasteiger partial charge in [-0.2, -0.15) is 10.2 Å². The highest BCUT2D eigenvalue weighted by atomic mass is 35.5. The van der Waals surface area contributed by atoms with Gasteiger partial charge in [-0.3, -0.25) is 9.59 Å². The first-order valence-corrected chi connectivity index (χ1v) is 11.0. The summed E-state index contributed by atoms with van der Waals surface area (Å²) in [4.78, 5) is 25.7. The topological polar surface area (TPSA) is 100 Å². The summed E-state index contributed by atoms with van der Waals surface area (Å²) in [6.07, 6.45) is 0.0169. The molecule has 4 aromatic rings. The Balaban J connectivity index is 1.57. The molecule has 2 aromatic heterocycles. The number of fused-ring (bicyclic) bond motifs is 1. The number of nitrogens with one attached hydrogen (secondary N) is 1. The van der Waals surface area contributed by atoms with Crippen molar-refractivity contribution in [2.45, 2.75) is 26.8 Å². The highest BCUT2D eigenvalue weighted by molar-refractivity contribution is 6.32. The van der Waals surface area contributed by atoms with Crippen molar-refractivity contribution in [3.8, 4) is 17.2 Å². The molecule has 34 heavy (non-hydrogen) atoms. The molecule has 4 rings (SSSR count). The largest absolute Gasteiger partial charge is 0.495 e. The van der Waals surface area contributed by atoms with Crippen LogP contribution in [0.15, 0.2) is 47.3 Å². The monoisotopic (exact) mass is 481 g/mol. The van der Waals surface area contributed by atoms with Gasteiger partial charge in [0.25, 0.3) is 5.56 Å². The van der Waals surface area contributed by atoms with Crippen molar-refractivity contribution in [3.05, 3.63) is 69.2 Å². The van der Waals surface area contributed by atoms with Crippen LogP contribution < -0.4 is 20.3 Å². The fourth-order valence-corrected chi connectivity index (χ4v) is 4.07. The fourth-order valence-electron chi connectivity index (χ4n) is 3.83. The molecular formula is C24H24ClN5O4. The van der Waals surface area contributed by atoms with Gasteiger partial charge in [-0.25, -0.2) is 9.36 Å². The van der Waals surface area contributed by atoms with Crippen LogP contribution in [0.25, 0.3) is 16.6 Å². The molecule has 9 nitrogen and oxygen atoms in total. The van der Waals surface area contributed by atoms with Crippen molar-refractivity contribution in [2.24, 2.45) is 0 Å². The number of para-hydroxylation sites is 1. The Morgan fingerprint density at radius 2 is 1.76 bits per heavy atom. The number of aromatic nitrogens is 4. The second kappa shape index (κ2) is 9.56. The first-order valence-electron chi connectivity index (χ1n) is 10.6. The Hall–Kier alpha value is -3.85. The van der Waals surface area contributed by atoms with Crippen molar-refractivity contribution in [2.75, 3.05) is 19.5 Å². The van der Waals surface area contributed by atoms with Crippen LogP contribution in [0, 0.1) is 13.8 Å². The number of aryl methyl sites for hydroxylation is 3. The van der Waals surface area contributed by atoms with Crippen LogP contribution in [-0.2, 0) is 11.3 Å². The van der Waals surface area contributed by atoms with E-state index in [0.717, 1.165) is 11.4 Å². The summed E-state index contributed by atoms with van der Waals surface area (Å²) in [7, 11) is 2.98. The number of methoxy groups -OCH3 is 2. The first kappa shape index (κ1) is 23.3. The number of anilines is 1. The van der Waals surface area contributed by atoms with Gasteiger partial charge in [-0.05, 0) is 32.0 Å². The number of hydrogen-bond acceptors (Lipinski definition) is 6. The molecule has 10 heteroatoms. The number of benzene rings is 2. The van der Waals surface area contributed by atoms with Gasteiger partial charge in [0.2, 0.25) is 5.91 Å². The number of amides is 1. The number of ether oxygens (including phenoxy) is 2. The molecule has 0 aliphatic carbocycles. The summed E-state index contributed by atoms with van der Waals surface area (Å²) in [6.45, 7) is 3.82. The minimum absolute atomic E-state index is 0.0169. The lowest BCUT2D eigenvalue weighted by Gasteiger charge is -2.13. The Morgan fingerprint density at radius 3 is 2.44 bits per heavy atom. The number of rotatable bonds is 7. The zero-order valence-corrected chi connectivity index (χ0v) is 20.0. The minimum atomic E-state index is -0.351. The molecule has 0 atom stereocenters. The molecule has 0 fully saturated rings. The van der Waals surface area contributed by atoms with Crippen LogP contribution in [0.5, 0.6) is 11.5 Å². The smallest absolute Gasteiger partial charge is 0.295 e. The lowest BCUT2D eigenvalue weighted by atomic mass is 10.2. The maximum absolute atomic E-state index is 13.1. The van der Waals surface area contributed by atoms with Gasteiger partial charge in [0.1, 0.15) is 11.5 Å². The van der Waals surface area contributed by atoms with E-state index >= 15 is 0 Å². The predicted octanol–water partition coefficient (Wildman–Crippen LogP) is 3.90. The third-order valence-electron chi connectivity index (χ3n) is 5.49. The fraction of sp³-hybridized carbons (Fsp3) is 0.250. The molecule has 1 N–H and O–H groups in total. The van der Waals surface area contributed by atoms with E-state index in [1.54, 1.807) is 16.8 Å². The number of halogens is 1. The summed E-state index contributed by atoms with van der Waals surface area (Å²) in [5.41, 5.74) is 2.72. The van der Waals surface area contributed by atoms with Crippen LogP contribution in [-0.4, -0.2) is 39.7 Å². The van der Waals surface area contributed by atoms with E-state index in [1.807, 2.05) is 44.2 Å².